The lowest BCUT2D eigenvalue weighted by molar-refractivity contribution is -0.131. The summed E-state index contributed by atoms with van der Waals surface area (Å²) in [5.74, 6) is -0.176. The first-order valence-electron chi connectivity index (χ1n) is 4.22. The van der Waals surface area contributed by atoms with Gasteiger partial charge >= 0.3 is 6.03 Å². The molecule has 0 spiro atoms. The Labute approximate surface area is 77.5 Å². The third-order valence-electron chi connectivity index (χ3n) is 2.48. The number of carbonyl (C=O) groups excluding carboxylic acids is 2. The molecule has 1 heterocycles. The number of nitrogens with two attached hydrogens (primary N) is 1. The first-order chi connectivity index (χ1) is 5.92. The van der Waals surface area contributed by atoms with Crippen molar-refractivity contribution in [1.29, 1.82) is 0 Å². The minimum absolute atomic E-state index is 0.176. The normalized spacial score (nSPS) is 21.5. The summed E-state index contributed by atoms with van der Waals surface area (Å²) in [5, 5.41) is 0. The maximum atomic E-state index is 11.6. The van der Waals surface area contributed by atoms with E-state index in [2.05, 4.69) is 0 Å². The number of urea groups is 1. The van der Waals surface area contributed by atoms with Crippen molar-refractivity contribution in [2.75, 3.05) is 20.1 Å². The highest BCUT2D eigenvalue weighted by molar-refractivity contribution is 6.06. The predicted octanol–water partition coefficient (Wildman–Crippen LogP) is -0.382. The van der Waals surface area contributed by atoms with E-state index >= 15 is 0 Å². The van der Waals surface area contributed by atoms with Gasteiger partial charge in [-0.2, -0.15) is 0 Å². The van der Waals surface area contributed by atoms with Gasteiger partial charge in [0.1, 0.15) is 5.54 Å². The first kappa shape index (κ1) is 9.98. The third-order valence-corrected chi connectivity index (χ3v) is 2.48. The number of imide groups is 1. The molecule has 1 aliphatic rings. The van der Waals surface area contributed by atoms with E-state index in [0.29, 0.717) is 13.1 Å². The van der Waals surface area contributed by atoms with E-state index in [1.165, 1.54) is 9.80 Å². The standard InChI is InChI=1S/C8H15N3O2/c1-8(2)6(12)11(5-4-9)7(13)10(8)3/h4-5,9H2,1-3H3. The largest absolute Gasteiger partial charge is 0.329 e. The quantitative estimate of drug-likeness (QED) is 0.596. The zero-order chi connectivity index (χ0) is 10.2. The number of carbonyl (C=O) groups is 2. The molecule has 0 aromatic rings. The Morgan fingerprint density at radius 3 is 2.23 bits per heavy atom. The summed E-state index contributed by atoms with van der Waals surface area (Å²) in [7, 11) is 1.62. The zero-order valence-corrected chi connectivity index (χ0v) is 8.20. The van der Waals surface area contributed by atoms with Gasteiger partial charge in [0.2, 0.25) is 0 Å². The summed E-state index contributed by atoms with van der Waals surface area (Å²) in [6.07, 6.45) is 0. The van der Waals surface area contributed by atoms with Crippen LogP contribution in [0.1, 0.15) is 13.8 Å². The topological polar surface area (TPSA) is 66.6 Å². The maximum absolute atomic E-state index is 11.6. The summed E-state index contributed by atoms with van der Waals surface area (Å²) in [6.45, 7) is 4.06. The number of rotatable bonds is 2. The van der Waals surface area contributed by atoms with E-state index < -0.39 is 5.54 Å². The lowest BCUT2D eigenvalue weighted by atomic mass is 10.1. The van der Waals surface area contributed by atoms with Crippen molar-refractivity contribution in [3.8, 4) is 0 Å². The monoisotopic (exact) mass is 185 g/mol. The van der Waals surface area contributed by atoms with E-state index in [1.54, 1.807) is 20.9 Å². The van der Waals surface area contributed by atoms with Gasteiger partial charge in [0.15, 0.2) is 0 Å². The number of likely N-dealkylation sites (N-methyl/N-ethyl adjacent to an activating group) is 1. The van der Waals surface area contributed by atoms with Crippen molar-refractivity contribution in [2.24, 2.45) is 5.73 Å². The van der Waals surface area contributed by atoms with Crippen LogP contribution in [0.15, 0.2) is 0 Å². The number of nitrogens with zero attached hydrogens (tertiary/aromatic N) is 2. The molecule has 1 aliphatic heterocycles. The van der Waals surface area contributed by atoms with Crippen molar-refractivity contribution in [1.82, 2.24) is 9.80 Å². The minimum atomic E-state index is -0.730. The SMILES string of the molecule is CN1C(=O)N(CCN)C(=O)C1(C)C. The summed E-state index contributed by atoms with van der Waals surface area (Å²) in [5.41, 5.74) is 4.57. The fourth-order valence-corrected chi connectivity index (χ4v) is 1.31. The Balaban J connectivity index is 2.92. The van der Waals surface area contributed by atoms with Crippen molar-refractivity contribution >= 4 is 11.9 Å². The maximum Gasteiger partial charge on any atom is 0.327 e. The summed E-state index contributed by atoms with van der Waals surface area (Å²) in [4.78, 5) is 25.8. The fraction of sp³-hybridized carbons (Fsp3) is 0.750. The van der Waals surface area contributed by atoms with E-state index in [0.717, 1.165) is 0 Å². The van der Waals surface area contributed by atoms with Gasteiger partial charge in [-0.15, -0.1) is 0 Å². The van der Waals surface area contributed by atoms with Gasteiger partial charge in [0.05, 0.1) is 0 Å². The molecule has 1 fully saturated rings. The molecule has 0 aliphatic carbocycles. The Morgan fingerprint density at radius 2 is 1.92 bits per heavy atom. The van der Waals surface area contributed by atoms with E-state index in [-0.39, 0.29) is 11.9 Å². The lowest BCUT2D eigenvalue weighted by Gasteiger charge is -2.22. The Hall–Kier alpha value is -1.10. The molecule has 2 N–H and O–H groups in total. The molecule has 1 rings (SSSR count). The smallest absolute Gasteiger partial charge is 0.327 e. The molecule has 0 radical (unpaired) electrons. The van der Waals surface area contributed by atoms with Gasteiger partial charge in [-0.05, 0) is 13.8 Å². The average molecular weight is 185 g/mol. The second-order valence-corrected chi connectivity index (χ2v) is 3.65. The van der Waals surface area contributed by atoms with Crippen LogP contribution in [0.4, 0.5) is 4.79 Å². The molecule has 0 aromatic heterocycles. The van der Waals surface area contributed by atoms with E-state index in [9.17, 15) is 9.59 Å². The van der Waals surface area contributed by atoms with Crippen molar-refractivity contribution in [3.05, 3.63) is 0 Å². The molecule has 5 nitrogen and oxygen atoms in total. The molecule has 3 amide bonds. The predicted molar refractivity (Wildman–Crippen MR) is 48.0 cm³/mol. The summed E-state index contributed by atoms with van der Waals surface area (Å²) in [6, 6.07) is -0.263. The fourth-order valence-electron chi connectivity index (χ4n) is 1.31. The van der Waals surface area contributed by atoms with E-state index in [1.807, 2.05) is 0 Å². The number of hydrogen-bond donors (Lipinski definition) is 1. The molecule has 0 aromatic carbocycles. The Morgan fingerprint density at radius 1 is 1.38 bits per heavy atom. The van der Waals surface area contributed by atoms with Crippen molar-refractivity contribution < 1.29 is 9.59 Å². The van der Waals surface area contributed by atoms with Crippen molar-refractivity contribution in [3.63, 3.8) is 0 Å². The highest BCUT2D eigenvalue weighted by Crippen LogP contribution is 2.24. The third kappa shape index (κ3) is 1.29. The summed E-state index contributed by atoms with van der Waals surface area (Å²) >= 11 is 0. The van der Waals surface area contributed by atoms with Gasteiger partial charge in [-0.3, -0.25) is 9.69 Å². The van der Waals surface area contributed by atoms with Crippen LogP contribution in [-0.2, 0) is 4.79 Å². The van der Waals surface area contributed by atoms with Crippen LogP contribution in [0.25, 0.3) is 0 Å². The molecule has 1 saturated heterocycles. The van der Waals surface area contributed by atoms with Crippen LogP contribution in [0.5, 0.6) is 0 Å². The molecule has 5 heteroatoms. The average Bonchev–Trinajstić information content (AvgIpc) is 2.21. The van der Waals surface area contributed by atoms with E-state index in [4.69, 9.17) is 5.73 Å². The molecular formula is C8H15N3O2. The molecule has 0 atom stereocenters. The number of hydrogen-bond acceptors (Lipinski definition) is 3. The van der Waals surface area contributed by atoms with Crippen LogP contribution in [-0.4, -0.2) is 47.4 Å². The zero-order valence-electron chi connectivity index (χ0n) is 8.20. The van der Waals surface area contributed by atoms with Crippen LogP contribution in [0.2, 0.25) is 0 Å². The van der Waals surface area contributed by atoms with Crippen LogP contribution < -0.4 is 5.73 Å². The lowest BCUT2D eigenvalue weighted by Crippen LogP contribution is -2.41. The Kier molecular flexibility index (Phi) is 2.30. The Bertz CT molecular complexity index is 250. The van der Waals surface area contributed by atoms with Gasteiger partial charge < -0.3 is 10.6 Å². The second kappa shape index (κ2) is 2.99. The first-order valence-corrected chi connectivity index (χ1v) is 4.22. The summed E-state index contributed by atoms with van der Waals surface area (Å²) < 4.78 is 0. The number of amides is 3. The van der Waals surface area contributed by atoms with Crippen LogP contribution in [0, 0.1) is 0 Å². The highest BCUT2D eigenvalue weighted by Gasteiger charge is 2.48. The van der Waals surface area contributed by atoms with Gasteiger partial charge in [-0.1, -0.05) is 0 Å². The minimum Gasteiger partial charge on any atom is -0.329 e. The van der Waals surface area contributed by atoms with Crippen molar-refractivity contribution in [2.45, 2.75) is 19.4 Å². The molecule has 13 heavy (non-hydrogen) atoms. The van der Waals surface area contributed by atoms with Gasteiger partial charge in [-0.25, -0.2) is 4.79 Å². The highest BCUT2D eigenvalue weighted by atomic mass is 16.2. The van der Waals surface area contributed by atoms with Crippen LogP contribution in [0.3, 0.4) is 0 Å². The van der Waals surface area contributed by atoms with Crippen LogP contribution >= 0.6 is 0 Å². The second-order valence-electron chi connectivity index (χ2n) is 3.65. The molecule has 74 valence electrons. The van der Waals surface area contributed by atoms with Gasteiger partial charge in [0.25, 0.3) is 5.91 Å². The van der Waals surface area contributed by atoms with Gasteiger partial charge in [0, 0.05) is 20.1 Å². The molecule has 0 saturated carbocycles. The molecule has 0 unspecified atom stereocenters. The molecular weight excluding hydrogens is 170 g/mol. The molecule has 0 bridgehead atoms.